The number of hydrogen-bond acceptors (Lipinski definition) is 6. The van der Waals surface area contributed by atoms with Gasteiger partial charge in [-0.05, 0) is 36.2 Å². The number of aromatic nitrogens is 1. The topological polar surface area (TPSA) is 82.6 Å². The second-order valence-electron chi connectivity index (χ2n) is 8.60. The summed E-state index contributed by atoms with van der Waals surface area (Å²) in [7, 11) is -3.90. The molecule has 2 aliphatic rings. The van der Waals surface area contributed by atoms with Crippen molar-refractivity contribution in [1.29, 1.82) is 0 Å². The molecule has 2 aromatic carbocycles. The zero-order valence-corrected chi connectivity index (χ0v) is 20.7. The Bertz CT molecular complexity index is 1380. The number of halogens is 2. The van der Waals surface area contributed by atoms with Crippen molar-refractivity contribution in [2.45, 2.75) is 30.2 Å². The van der Waals surface area contributed by atoms with E-state index in [2.05, 4.69) is 9.71 Å². The van der Waals surface area contributed by atoms with E-state index in [-0.39, 0.29) is 22.9 Å². The molecule has 0 saturated carbocycles. The number of nitrogens with zero attached hydrogens (tertiary/aromatic N) is 3. The summed E-state index contributed by atoms with van der Waals surface area (Å²) in [5, 5.41) is 0.720. The first-order valence-electron chi connectivity index (χ1n) is 10.7. The van der Waals surface area contributed by atoms with Gasteiger partial charge in [0, 0.05) is 49.8 Å². The number of amides is 1. The smallest absolute Gasteiger partial charge is 0.240 e. The van der Waals surface area contributed by atoms with E-state index in [0.29, 0.717) is 30.4 Å². The number of likely N-dealkylation sites (tertiary alicyclic amines) is 1. The molecule has 0 bridgehead atoms. The predicted molar refractivity (Wildman–Crippen MR) is 130 cm³/mol. The lowest BCUT2D eigenvalue weighted by Crippen LogP contribution is -2.36. The normalized spacial score (nSPS) is 19.7. The third kappa shape index (κ3) is 4.08. The molecule has 34 heavy (non-hydrogen) atoms. The van der Waals surface area contributed by atoms with Crippen LogP contribution < -0.4 is 9.62 Å². The predicted octanol–water partition coefficient (Wildman–Crippen LogP) is 4.06. The molecule has 178 valence electrons. The number of nitrogens with one attached hydrogen (secondary N) is 1. The third-order valence-corrected chi connectivity index (χ3v) is 9.04. The molecule has 1 unspecified atom stereocenters. The van der Waals surface area contributed by atoms with Gasteiger partial charge in [-0.25, -0.2) is 22.5 Å². The fraction of sp³-hybridized carbons (Fsp3) is 0.304. The number of sulfonamides is 1. The Morgan fingerprint density at radius 1 is 1.26 bits per heavy atom. The SMILES string of the molecule is CC(=O)N1CCC2(C1)CN(c1ncc(Cl)s1)c1ccc(S(=O)(=O)NCc3ccccc3F)cc12. The molecule has 11 heteroatoms. The molecule has 5 rings (SSSR count). The molecule has 1 saturated heterocycles. The van der Waals surface area contributed by atoms with Crippen LogP contribution in [0.2, 0.25) is 4.34 Å². The van der Waals surface area contributed by atoms with Gasteiger partial charge in [0.25, 0.3) is 0 Å². The van der Waals surface area contributed by atoms with Crippen LogP contribution in [-0.4, -0.2) is 43.8 Å². The van der Waals surface area contributed by atoms with Gasteiger partial charge < -0.3 is 9.80 Å². The Kier molecular flexibility index (Phi) is 5.87. The van der Waals surface area contributed by atoms with Crippen molar-refractivity contribution in [2.75, 3.05) is 24.5 Å². The minimum atomic E-state index is -3.90. The fourth-order valence-electron chi connectivity index (χ4n) is 4.74. The molecule has 1 fully saturated rings. The number of benzene rings is 2. The van der Waals surface area contributed by atoms with Crippen molar-refractivity contribution in [2.24, 2.45) is 0 Å². The lowest BCUT2D eigenvalue weighted by molar-refractivity contribution is -0.127. The number of rotatable bonds is 5. The molecule has 1 N–H and O–H groups in total. The molecular weight excluding hydrogens is 499 g/mol. The van der Waals surface area contributed by atoms with E-state index in [1.165, 1.54) is 17.4 Å². The molecule has 1 atom stereocenters. The van der Waals surface area contributed by atoms with Gasteiger partial charge in [0.1, 0.15) is 10.2 Å². The monoisotopic (exact) mass is 520 g/mol. The molecule has 0 aliphatic carbocycles. The van der Waals surface area contributed by atoms with Crippen LogP contribution in [0.15, 0.2) is 53.6 Å². The summed E-state index contributed by atoms with van der Waals surface area (Å²) in [6.45, 7) is 3.06. The minimum absolute atomic E-state index is 0.00972. The quantitative estimate of drug-likeness (QED) is 0.548. The number of carbonyl (C=O) groups is 1. The molecule has 1 spiro atoms. The van der Waals surface area contributed by atoms with Crippen LogP contribution in [0.4, 0.5) is 15.2 Å². The van der Waals surface area contributed by atoms with Crippen molar-refractivity contribution < 1.29 is 17.6 Å². The van der Waals surface area contributed by atoms with Crippen LogP contribution in [0.5, 0.6) is 0 Å². The van der Waals surface area contributed by atoms with E-state index in [1.807, 2.05) is 4.90 Å². The lowest BCUT2D eigenvalue weighted by Gasteiger charge is -2.25. The Morgan fingerprint density at radius 2 is 2.06 bits per heavy atom. The van der Waals surface area contributed by atoms with Gasteiger partial charge >= 0.3 is 0 Å². The highest BCUT2D eigenvalue weighted by Gasteiger charge is 2.49. The van der Waals surface area contributed by atoms with Crippen LogP contribution >= 0.6 is 22.9 Å². The summed E-state index contributed by atoms with van der Waals surface area (Å²) >= 11 is 7.47. The zero-order chi connectivity index (χ0) is 24.1. The van der Waals surface area contributed by atoms with Crippen LogP contribution in [0, 0.1) is 5.82 Å². The minimum Gasteiger partial charge on any atom is -0.342 e. The molecule has 3 aromatic rings. The van der Waals surface area contributed by atoms with E-state index >= 15 is 0 Å². The average Bonchev–Trinajstić information content (AvgIpc) is 3.51. The van der Waals surface area contributed by atoms with Crippen LogP contribution in [0.1, 0.15) is 24.5 Å². The summed E-state index contributed by atoms with van der Waals surface area (Å²) in [4.78, 5) is 20.4. The fourth-order valence-corrected chi connectivity index (χ4v) is 6.69. The Labute approximate surface area is 206 Å². The van der Waals surface area contributed by atoms with Crippen molar-refractivity contribution in [3.8, 4) is 0 Å². The largest absolute Gasteiger partial charge is 0.342 e. The third-order valence-electron chi connectivity index (χ3n) is 6.51. The van der Waals surface area contributed by atoms with Crippen LogP contribution in [0.3, 0.4) is 0 Å². The molecule has 2 aliphatic heterocycles. The van der Waals surface area contributed by atoms with Crippen molar-refractivity contribution in [3.05, 3.63) is 69.9 Å². The van der Waals surface area contributed by atoms with E-state index in [4.69, 9.17) is 11.6 Å². The Balaban J connectivity index is 1.51. The van der Waals surface area contributed by atoms with Crippen molar-refractivity contribution in [3.63, 3.8) is 0 Å². The maximum absolute atomic E-state index is 14.0. The average molecular weight is 521 g/mol. The zero-order valence-electron chi connectivity index (χ0n) is 18.3. The number of hydrogen-bond donors (Lipinski definition) is 1. The summed E-state index contributed by atoms with van der Waals surface area (Å²) in [6, 6.07) is 11.0. The van der Waals surface area contributed by atoms with Gasteiger partial charge in [-0.2, -0.15) is 0 Å². The standard InChI is InChI=1S/C23H22ClFN4O3S2/c1-15(30)28-9-8-23(13-28)14-29(22-26-12-21(24)33-22)20-7-6-17(10-18(20)23)34(31,32)27-11-16-4-2-3-5-19(16)25/h2-7,10,12,27H,8-9,11,13-14H2,1H3. The number of carbonyl (C=O) groups excluding carboxylic acids is 1. The number of thiazole rings is 1. The highest BCUT2D eigenvalue weighted by atomic mass is 35.5. The summed E-state index contributed by atoms with van der Waals surface area (Å²) in [5.74, 6) is -0.476. The van der Waals surface area contributed by atoms with Crippen molar-refractivity contribution in [1.82, 2.24) is 14.6 Å². The lowest BCUT2D eigenvalue weighted by atomic mass is 9.81. The maximum atomic E-state index is 14.0. The molecule has 3 heterocycles. The van der Waals surface area contributed by atoms with Crippen molar-refractivity contribution >= 4 is 49.7 Å². The van der Waals surface area contributed by atoms with E-state index in [1.54, 1.807) is 54.4 Å². The van der Waals surface area contributed by atoms with E-state index in [0.717, 1.165) is 16.4 Å². The van der Waals surface area contributed by atoms with E-state index < -0.39 is 21.3 Å². The summed E-state index contributed by atoms with van der Waals surface area (Å²) in [6.07, 6.45) is 2.30. The Morgan fingerprint density at radius 3 is 2.74 bits per heavy atom. The van der Waals surface area contributed by atoms with Gasteiger partial charge in [0.15, 0.2) is 5.13 Å². The van der Waals surface area contributed by atoms with Crippen LogP contribution in [0.25, 0.3) is 0 Å². The highest BCUT2D eigenvalue weighted by molar-refractivity contribution is 7.89. The van der Waals surface area contributed by atoms with Gasteiger partial charge in [-0.1, -0.05) is 41.1 Å². The molecular formula is C23H22ClFN4O3S2. The molecule has 1 amide bonds. The first-order valence-corrected chi connectivity index (χ1v) is 13.4. The van der Waals surface area contributed by atoms with Gasteiger partial charge in [-0.3, -0.25) is 4.79 Å². The molecule has 7 nitrogen and oxygen atoms in total. The molecule has 0 radical (unpaired) electrons. The second-order valence-corrected chi connectivity index (χ2v) is 12.0. The van der Waals surface area contributed by atoms with Gasteiger partial charge in [0.05, 0.1) is 11.1 Å². The summed E-state index contributed by atoms with van der Waals surface area (Å²) in [5.41, 5.74) is 1.56. The maximum Gasteiger partial charge on any atom is 0.240 e. The highest BCUT2D eigenvalue weighted by Crippen LogP contribution is 2.50. The second kappa shape index (κ2) is 8.60. The Hall–Kier alpha value is -2.53. The summed E-state index contributed by atoms with van der Waals surface area (Å²) < 4.78 is 43.2. The van der Waals surface area contributed by atoms with E-state index in [9.17, 15) is 17.6 Å². The van der Waals surface area contributed by atoms with Gasteiger partial charge in [-0.15, -0.1) is 0 Å². The van der Waals surface area contributed by atoms with Crippen LogP contribution in [-0.2, 0) is 26.8 Å². The first-order chi connectivity index (χ1) is 16.2. The van der Waals surface area contributed by atoms with Gasteiger partial charge in [0.2, 0.25) is 15.9 Å². The number of anilines is 2. The number of fused-ring (bicyclic) bond motifs is 2. The first kappa shape index (κ1) is 23.2. The molecule has 1 aromatic heterocycles.